The number of aliphatic hydroxyl groups is 4. The molecule has 0 amide bonds. The molecular weight excluding hydrogens is 307 g/mol. The van der Waals surface area contributed by atoms with Gasteiger partial charge in [0.15, 0.2) is 0 Å². The van der Waals surface area contributed by atoms with Gasteiger partial charge in [-0.05, 0) is 19.1 Å². The van der Waals surface area contributed by atoms with Crippen LogP contribution < -0.4 is 0 Å². The standard InChI is InChI=1S/C12H14Cl2N2O4/c1-4(17)9(18)10(19)11(20)12-15-7-2-5(13)6(14)3-8(7)16-12/h2-4,9-11,17-20H,1H3,(H,15,16)/t4?,9-,10?,11?/m0/s1. The highest BCUT2D eigenvalue weighted by Crippen LogP contribution is 2.28. The first kappa shape index (κ1) is 15.5. The summed E-state index contributed by atoms with van der Waals surface area (Å²) in [5.41, 5.74) is 0.999. The molecule has 5 N–H and O–H groups in total. The number of nitrogens with one attached hydrogen (secondary N) is 1. The van der Waals surface area contributed by atoms with E-state index < -0.39 is 24.4 Å². The van der Waals surface area contributed by atoms with Gasteiger partial charge in [-0.1, -0.05) is 23.2 Å². The molecule has 1 heterocycles. The average molecular weight is 321 g/mol. The molecule has 3 unspecified atom stereocenters. The van der Waals surface area contributed by atoms with Gasteiger partial charge in [0.2, 0.25) is 0 Å². The van der Waals surface area contributed by atoms with Gasteiger partial charge < -0.3 is 25.4 Å². The molecular formula is C12H14Cl2N2O4. The van der Waals surface area contributed by atoms with Crippen LogP contribution in [0.2, 0.25) is 10.0 Å². The van der Waals surface area contributed by atoms with E-state index in [1.807, 2.05) is 0 Å². The minimum Gasteiger partial charge on any atom is -0.391 e. The number of aromatic nitrogens is 2. The van der Waals surface area contributed by atoms with Gasteiger partial charge in [0.1, 0.15) is 24.1 Å². The van der Waals surface area contributed by atoms with Gasteiger partial charge in [0.05, 0.1) is 27.2 Å². The van der Waals surface area contributed by atoms with Crippen molar-refractivity contribution in [1.29, 1.82) is 0 Å². The largest absolute Gasteiger partial charge is 0.391 e. The maximum absolute atomic E-state index is 9.97. The summed E-state index contributed by atoms with van der Waals surface area (Å²) in [5.74, 6) is 0.0468. The molecule has 0 spiro atoms. The molecule has 2 aromatic rings. The Balaban J connectivity index is 2.33. The fourth-order valence-electron chi connectivity index (χ4n) is 1.80. The molecule has 0 saturated carbocycles. The van der Waals surface area contributed by atoms with Crippen LogP contribution in [0.4, 0.5) is 0 Å². The fourth-order valence-corrected chi connectivity index (χ4v) is 2.12. The van der Waals surface area contributed by atoms with Gasteiger partial charge >= 0.3 is 0 Å². The first-order chi connectivity index (χ1) is 9.31. The van der Waals surface area contributed by atoms with Crippen LogP contribution in [0.3, 0.4) is 0 Å². The van der Waals surface area contributed by atoms with E-state index in [0.717, 1.165) is 0 Å². The highest BCUT2D eigenvalue weighted by Gasteiger charge is 2.31. The summed E-state index contributed by atoms with van der Waals surface area (Å²) in [6.07, 6.45) is -5.75. The van der Waals surface area contributed by atoms with Gasteiger partial charge in [0, 0.05) is 0 Å². The van der Waals surface area contributed by atoms with Crippen LogP contribution in [0.25, 0.3) is 11.0 Å². The maximum atomic E-state index is 9.97. The number of fused-ring (bicyclic) bond motifs is 1. The molecule has 0 bridgehead atoms. The van der Waals surface area contributed by atoms with Crippen LogP contribution in [-0.2, 0) is 0 Å². The van der Waals surface area contributed by atoms with E-state index in [1.54, 1.807) is 6.07 Å². The number of aromatic amines is 1. The Labute approximate surface area is 124 Å². The van der Waals surface area contributed by atoms with Gasteiger partial charge in [-0.3, -0.25) is 0 Å². The number of hydrogen-bond donors (Lipinski definition) is 5. The molecule has 20 heavy (non-hydrogen) atoms. The smallest absolute Gasteiger partial charge is 0.140 e. The second-order valence-electron chi connectivity index (χ2n) is 4.57. The molecule has 8 heteroatoms. The molecule has 0 fully saturated rings. The highest BCUT2D eigenvalue weighted by atomic mass is 35.5. The van der Waals surface area contributed by atoms with Gasteiger partial charge in [-0.15, -0.1) is 0 Å². The second kappa shape index (κ2) is 5.85. The van der Waals surface area contributed by atoms with Crippen molar-refractivity contribution in [2.24, 2.45) is 0 Å². The monoisotopic (exact) mass is 320 g/mol. The number of imidazole rings is 1. The Bertz CT molecular complexity index is 578. The normalized spacial score (nSPS) is 17.9. The van der Waals surface area contributed by atoms with Crippen molar-refractivity contribution in [1.82, 2.24) is 9.97 Å². The van der Waals surface area contributed by atoms with E-state index in [9.17, 15) is 20.4 Å². The third-order valence-corrected chi connectivity index (χ3v) is 3.71. The van der Waals surface area contributed by atoms with Gasteiger partial charge in [-0.25, -0.2) is 4.98 Å². The number of nitrogens with zero attached hydrogens (tertiary/aromatic N) is 1. The molecule has 0 aliphatic carbocycles. The Kier molecular flexibility index (Phi) is 4.53. The van der Waals surface area contributed by atoms with Crippen LogP contribution in [0.5, 0.6) is 0 Å². The number of benzene rings is 1. The molecule has 1 aromatic heterocycles. The highest BCUT2D eigenvalue weighted by molar-refractivity contribution is 6.42. The predicted octanol–water partition coefficient (Wildman–Crippen LogP) is 1.01. The van der Waals surface area contributed by atoms with Crippen LogP contribution in [-0.4, -0.2) is 48.7 Å². The fraction of sp³-hybridized carbons (Fsp3) is 0.417. The number of H-pyrrole nitrogens is 1. The van der Waals surface area contributed by atoms with Crippen molar-refractivity contribution in [3.8, 4) is 0 Å². The van der Waals surface area contributed by atoms with Crippen LogP contribution in [0.15, 0.2) is 12.1 Å². The lowest BCUT2D eigenvalue weighted by atomic mass is 10.0. The first-order valence-electron chi connectivity index (χ1n) is 5.88. The summed E-state index contributed by atoms with van der Waals surface area (Å²) < 4.78 is 0. The van der Waals surface area contributed by atoms with E-state index in [0.29, 0.717) is 21.1 Å². The molecule has 2 rings (SSSR count). The summed E-state index contributed by atoms with van der Waals surface area (Å²) in [7, 11) is 0. The average Bonchev–Trinajstić information content (AvgIpc) is 2.79. The van der Waals surface area contributed by atoms with E-state index in [4.69, 9.17) is 23.2 Å². The van der Waals surface area contributed by atoms with Crippen molar-refractivity contribution in [3.05, 3.63) is 28.0 Å². The van der Waals surface area contributed by atoms with Crippen molar-refractivity contribution < 1.29 is 20.4 Å². The lowest BCUT2D eigenvalue weighted by molar-refractivity contribution is -0.103. The van der Waals surface area contributed by atoms with Gasteiger partial charge in [0.25, 0.3) is 0 Å². The quantitative estimate of drug-likeness (QED) is 0.577. The predicted molar refractivity (Wildman–Crippen MR) is 74.8 cm³/mol. The van der Waals surface area contributed by atoms with Crippen LogP contribution in [0, 0.1) is 0 Å². The summed E-state index contributed by atoms with van der Waals surface area (Å²) in [4.78, 5) is 6.86. The number of hydrogen-bond acceptors (Lipinski definition) is 5. The molecule has 4 atom stereocenters. The Morgan fingerprint density at radius 1 is 1.05 bits per heavy atom. The zero-order chi connectivity index (χ0) is 15.0. The third kappa shape index (κ3) is 2.90. The van der Waals surface area contributed by atoms with E-state index in [-0.39, 0.29) is 5.82 Å². The SMILES string of the molecule is CC(O)[C@H](O)C(O)C(O)c1nc2cc(Cl)c(Cl)cc2[nH]1. The number of halogens is 2. The van der Waals surface area contributed by atoms with E-state index >= 15 is 0 Å². The van der Waals surface area contributed by atoms with Crippen LogP contribution >= 0.6 is 23.2 Å². The zero-order valence-corrected chi connectivity index (χ0v) is 12.0. The molecule has 0 saturated heterocycles. The molecule has 0 aliphatic rings. The Morgan fingerprint density at radius 2 is 1.65 bits per heavy atom. The molecule has 0 radical (unpaired) electrons. The Hall–Kier alpha value is -0.890. The minimum atomic E-state index is -1.58. The third-order valence-electron chi connectivity index (χ3n) is 2.99. The lowest BCUT2D eigenvalue weighted by Crippen LogP contribution is -2.39. The van der Waals surface area contributed by atoms with E-state index in [1.165, 1.54) is 13.0 Å². The number of aliphatic hydroxyl groups excluding tert-OH is 4. The maximum Gasteiger partial charge on any atom is 0.140 e. The lowest BCUT2D eigenvalue weighted by Gasteiger charge is -2.23. The molecule has 6 nitrogen and oxygen atoms in total. The van der Waals surface area contributed by atoms with Crippen LogP contribution in [0.1, 0.15) is 18.9 Å². The molecule has 1 aromatic carbocycles. The Morgan fingerprint density at radius 3 is 2.25 bits per heavy atom. The summed E-state index contributed by atoms with van der Waals surface area (Å²) >= 11 is 11.7. The van der Waals surface area contributed by atoms with Crippen molar-refractivity contribution >= 4 is 34.2 Å². The minimum absolute atomic E-state index is 0.0468. The van der Waals surface area contributed by atoms with Gasteiger partial charge in [-0.2, -0.15) is 0 Å². The molecule has 0 aliphatic heterocycles. The first-order valence-corrected chi connectivity index (χ1v) is 6.63. The van der Waals surface area contributed by atoms with E-state index in [2.05, 4.69) is 9.97 Å². The summed E-state index contributed by atoms with van der Waals surface area (Å²) in [6.45, 7) is 1.30. The molecule has 110 valence electrons. The number of rotatable bonds is 4. The zero-order valence-electron chi connectivity index (χ0n) is 10.5. The van der Waals surface area contributed by atoms with Crippen molar-refractivity contribution in [2.75, 3.05) is 0 Å². The summed E-state index contributed by atoms with van der Waals surface area (Å²) in [5, 5.41) is 39.1. The second-order valence-corrected chi connectivity index (χ2v) is 5.39. The van der Waals surface area contributed by atoms with Crippen molar-refractivity contribution in [3.63, 3.8) is 0 Å². The topological polar surface area (TPSA) is 110 Å². The van der Waals surface area contributed by atoms with Crippen molar-refractivity contribution in [2.45, 2.75) is 31.3 Å². The summed E-state index contributed by atoms with van der Waals surface area (Å²) in [6, 6.07) is 3.06.